The highest BCUT2D eigenvalue weighted by Crippen LogP contribution is 2.29. The first kappa shape index (κ1) is 14.6. The van der Waals surface area contributed by atoms with E-state index in [1.54, 1.807) is 6.07 Å². The number of fused-ring (bicyclic) bond motifs is 3. The molecule has 2 aromatic carbocycles. The smallest absolute Gasteiger partial charge is 0.265 e. The Balaban J connectivity index is 1.78. The molecule has 0 radical (unpaired) electrons. The molecule has 0 aliphatic rings. The Hall–Kier alpha value is -2.99. The van der Waals surface area contributed by atoms with Gasteiger partial charge < -0.3 is 10.3 Å². The molecule has 0 spiro atoms. The summed E-state index contributed by atoms with van der Waals surface area (Å²) in [5.41, 5.74) is 1.01. The van der Waals surface area contributed by atoms with Crippen molar-refractivity contribution in [2.45, 2.75) is 0 Å². The number of carbonyl (C=O) groups excluding carboxylic acids is 1. The first-order chi connectivity index (χ1) is 11.6. The van der Waals surface area contributed by atoms with Crippen LogP contribution in [0, 0.1) is 5.82 Å². The number of amides is 1. The number of hydrogen-bond donors (Lipinski definition) is 2. The summed E-state index contributed by atoms with van der Waals surface area (Å²) in [4.78, 5) is 27.9. The number of thiophene rings is 1. The highest BCUT2D eigenvalue weighted by atomic mass is 32.1. The molecule has 0 unspecified atom stereocenters. The molecule has 4 nitrogen and oxygen atoms in total. The zero-order valence-corrected chi connectivity index (χ0v) is 13.1. The monoisotopic (exact) mass is 338 g/mol. The molecule has 24 heavy (non-hydrogen) atoms. The van der Waals surface area contributed by atoms with E-state index in [-0.39, 0.29) is 17.3 Å². The molecule has 0 saturated heterocycles. The normalized spacial score (nSPS) is 11.0. The van der Waals surface area contributed by atoms with Crippen LogP contribution in [-0.2, 0) is 0 Å². The first-order valence-electron chi connectivity index (χ1n) is 7.23. The van der Waals surface area contributed by atoms with Gasteiger partial charge in [-0.15, -0.1) is 11.3 Å². The number of pyridine rings is 1. The minimum Gasteiger partial charge on any atom is -0.321 e. The highest BCUT2D eigenvalue weighted by molar-refractivity contribution is 7.21. The maximum atomic E-state index is 12.9. The number of aromatic nitrogens is 1. The molecule has 0 atom stereocenters. The number of carbonyl (C=O) groups is 1. The summed E-state index contributed by atoms with van der Waals surface area (Å²) in [6.45, 7) is 0. The van der Waals surface area contributed by atoms with Crippen molar-refractivity contribution in [3.63, 3.8) is 0 Å². The third-order valence-electron chi connectivity index (χ3n) is 3.72. The van der Waals surface area contributed by atoms with Crippen LogP contribution in [0.2, 0.25) is 0 Å². The van der Waals surface area contributed by atoms with E-state index in [2.05, 4.69) is 10.3 Å². The molecule has 6 heteroatoms. The molecular formula is C18H11FN2O2S. The number of anilines is 1. The van der Waals surface area contributed by atoms with Crippen LogP contribution in [-0.4, -0.2) is 10.9 Å². The maximum Gasteiger partial charge on any atom is 0.265 e. The zero-order chi connectivity index (χ0) is 16.7. The van der Waals surface area contributed by atoms with Gasteiger partial charge in [-0.25, -0.2) is 4.39 Å². The molecule has 0 saturated carbocycles. The van der Waals surface area contributed by atoms with Crippen LogP contribution in [0.15, 0.2) is 59.4 Å². The summed E-state index contributed by atoms with van der Waals surface area (Å²) >= 11 is 1.27. The van der Waals surface area contributed by atoms with Gasteiger partial charge in [-0.2, -0.15) is 0 Å². The van der Waals surface area contributed by atoms with Crippen LogP contribution in [0.5, 0.6) is 0 Å². The number of hydrogen-bond acceptors (Lipinski definition) is 3. The molecule has 118 valence electrons. The van der Waals surface area contributed by atoms with Crippen molar-refractivity contribution < 1.29 is 9.18 Å². The summed E-state index contributed by atoms with van der Waals surface area (Å²) in [7, 11) is 0. The molecule has 4 rings (SSSR count). The van der Waals surface area contributed by atoms with Gasteiger partial charge in [0, 0.05) is 21.3 Å². The predicted molar refractivity (Wildman–Crippen MR) is 94.3 cm³/mol. The van der Waals surface area contributed by atoms with Crippen molar-refractivity contribution in [3.05, 3.63) is 75.6 Å². The highest BCUT2D eigenvalue weighted by Gasteiger charge is 2.14. The van der Waals surface area contributed by atoms with Crippen molar-refractivity contribution in [1.29, 1.82) is 0 Å². The van der Waals surface area contributed by atoms with E-state index in [1.807, 2.05) is 24.3 Å². The van der Waals surface area contributed by atoms with Crippen molar-refractivity contribution in [2.75, 3.05) is 5.32 Å². The van der Waals surface area contributed by atoms with Crippen LogP contribution in [0.4, 0.5) is 10.1 Å². The summed E-state index contributed by atoms with van der Waals surface area (Å²) in [5.74, 6) is -0.695. The minimum atomic E-state index is -0.368. The van der Waals surface area contributed by atoms with Gasteiger partial charge >= 0.3 is 0 Å². The summed E-state index contributed by atoms with van der Waals surface area (Å²) in [5, 5.41) is 4.10. The van der Waals surface area contributed by atoms with E-state index in [0.29, 0.717) is 16.0 Å². The van der Waals surface area contributed by atoms with Gasteiger partial charge in [0.15, 0.2) is 0 Å². The summed E-state index contributed by atoms with van der Waals surface area (Å²) < 4.78 is 13.7. The lowest BCUT2D eigenvalue weighted by molar-refractivity contribution is 0.103. The van der Waals surface area contributed by atoms with E-state index in [9.17, 15) is 14.0 Å². The molecular weight excluding hydrogens is 327 g/mol. The molecule has 4 aromatic rings. The summed E-state index contributed by atoms with van der Waals surface area (Å²) in [6.07, 6.45) is 0. The van der Waals surface area contributed by atoms with Gasteiger partial charge in [0.25, 0.3) is 11.5 Å². The van der Waals surface area contributed by atoms with Crippen LogP contribution in [0.3, 0.4) is 0 Å². The Morgan fingerprint density at radius 3 is 2.58 bits per heavy atom. The number of halogens is 1. The number of benzene rings is 2. The molecule has 2 aromatic heterocycles. The number of rotatable bonds is 2. The Kier molecular flexibility index (Phi) is 3.39. The quantitative estimate of drug-likeness (QED) is 0.577. The molecule has 2 heterocycles. The molecule has 0 fully saturated rings. The average molecular weight is 338 g/mol. The van der Waals surface area contributed by atoms with E-state index in [0.717, 1.165) is 15.6 Å². The minimum absolute atomic E-state index is 0.221. The SMILES string of the molecule is O=C(Nc1ccc(F)cc1)c1cc2c(=O)[nH]c3ccccc3c2s1. The van der Waals surface area contributed by atoms with E-state index >= 15 is 0 Å². The van der Waals surface area contributed by atoms with Crippen molar-refractivity contribution in [3.8, 4) is 0 Å². The Morgan fingerprint density at radius 2 is 1.79 bits per heavy atom. The molecule has 0 aliphatic carbocycles. The third kappa shape index (κ3) is 2.47. The Labute approximate surface area is 139 Å². The van der Waals surface area contributed by atoms with Gasteiger partial charge in [0.2, 0.25) is 0 Å². The molecule has 2 N–H and O–H groups in total. The average Bonchev–Trinajstić information content (AvgIpc) is 3.03. The Bertz CT molecular complexity index is 1130. The Morgan fingerprint density at radius 1 is 1.04 bits per heavy atom. The van der Waals surface area contributed by atoms with Gasteiger partial charge in [0.1, 0.15) is 5.82 Å². The lowest BCUT2D eigenvalue weighted by atomic mass is 10.2. The second-order valence-corrected chi connectivity index (χ2v) is 6.37. The zero-order valence-electron chi connectivity index (χ0n) is 12.3. The van der Waals surface area contributed by atoms with E-state index in [1.165, 1.54) is 35.6 Å². The fraction of sp³-hybridized carbons (Fsp3) is 0. The third-order valence-corrected chi connectivity index (χ3v) is 4.89. The molecule has 0 aliphatic heterocycles. The van der Waals surface area contributed by atoms with Crippen molar-refractivity contribution in [2.24, 2.45) is 0 Å². The predicted octanol–water partition coefficient (Wildman–Crippen LogP) is 4.13. The van der Waals surface area contributed by atoms with E-state index in [4.69, 9.17) is 0 Å². The number of aromatic amines is 1. The number of para-hydroxylation sites is 1. The van der Waals surface area contributed by atoms with Crippen LogP contribution >= 0.6 is 11.3 Å². The van der Waals surface area contributed by atoms with Crippen LogP contribution < -0.4 is 10.9 Å². The maximum absolute atomic E-state index is 12.9. The van der Waals surface area contributed by atoms with E-state index < -0.39 is 0 Å². The molecule has 1 amide bonds. The van der Waals surface area contributed by atoms with Gasteiger partial charge in [0.05, 0.1) is 10.3 Å². The lowest BCUT2D eigenvalue weighted by Crippen LogP contribution is -2.10. The largest absolute Gasteiger partial charge is 0.321 e. The summed E-state index contributed by atoms with van der Waals surface area (Å²) in [6, 6.07) is 14.6. The fourth-order valence-corrected chi connectivity index (χ4v) is 3.67. The van der Waals surface area contributed by atoms with Crippen LogP contribution in [0.25, 0.3) is 21.0 Å². The second-order valence-electron chi connectivity index (χ2n) is 5.31. The van der Waals surface area contributed by atoms with Gasteiger partial charge in [-0.05, 0) is 36.4 Å². The number of nitrogens with one attached hydrogen (secondary N) is 2. The van der Waals surface area contributed by atoms with Gasteiger partial charge in [-0.3, -0.25) is 9.59 Å². The lowest BCUT2D eigenvalue weighted by Gasteiger charge is -2.02. The number of H-pyrrole nitrogens is 1. The molecule has 0 bridgehead atoms. The van der Waals surface area contributed by atoms with Crippen molar-refractivity contribution >= 4 is 43.9 Å². The first-order valence-corrected chi connectivity index (χ1v) is 8.05. The fourth-order valence-electron chi connectivity index (χ4n) is 2.58. The second kappa shape index (κ2) is 5.58. The topological polar surface area (TPSA) is 62.0 Å². The van der Waals surface area contributed by atoms with Crippen LogP contribution in [0.1, 0.15) is 9.67 Å². The van der Waals surface area contributed by atoms with Gasteiger partial charge in [-0.1, -0.05) is 18.2 Å². The standard InChI is InChI=1S/C18H11FN2O2S/c19-10-5-7-11(8-6-10)20-18(23)15-9-13-16(24-15)12-3-1-2-4-14(12)21-17(13)22/h1-9H,(H,20,23)(H,21,22). The van der Waals surface area contributed by atoms with Crippen molar-refractivity contribution in [1.82, 2.24) is 4.98 Å².